The van der Waals surface area contributed by atoms with Gasteiger partial charge in [0.05, 0.1) is 0 Å². The minimum Gasteiger partial charge on any atom is -0.480 e. The summed E-state index contributed by atoms with van der Waals surface area (Å²) in [6, 6.07) is 10.2. The minimum absolute atomic E-state index is 0.448. The summed E-state index contributed by atoms with van der Waals surface area (Å²) in [5.41, 5.74) is 0.916. The van der Waals surface area contributed by atoms with Crippen molar-refractivity contribution in [3.63, 3.8) is 0 Å². The van der Waals surface area contributed by atoms with Gasteiger partial charge >= 0.3 is 5.97 Å². The van der Waals surface area contributed by atoms with Crippen molar-refractivity contribution >= 4 is 5.97 Å². The molecule has 0 radical (unpaired) electrons. The first kappa shape index (κ1) is 10.8. The molecule has 3 rings (SSSR count). The summed E-state index contributed by atoms with van der Waals surface area (Å²) in [6.45, 7) is 0. The van der Waals surface area contributed by atoms with E-state index < -0.39 is 12.0 Å². The highest BCUT2D eigenvalue weighted by Crippen LogP contribution is 2.43. The summed E-state index contributed by atoms with van der Waals surface area (Å²) in [5, 5.41) is 9.51. The molecule has 2 fully saturated rings. The Kier molecular flexibility index (Phi) is 2.63. The number of nitrogens with zero attached hydrogens (tertiary/aromatic N) is 1. The van der Waals surface area contributed by atoms with E-state index in [0.717, 1.165) is 31.2 Å². The zero-order valence-corrected chi connectivity index (χ0v) is 9.75. The van der Waals surface area contributed by atoms with E-state index in [0.29, 0.717) is 12.1 Å². The molecule has 3 nitrogen and oxygen atoms in total. The molecule has 3 heteroatoms. The number of carboxylic acids is 1. The zero-order valence-electron chi connectivity index (χ0n) is 9.75. The lowest BCUT2D eigenvalue weighted by molar-refractivity contribution is -0.144. The summed E-state index contributed by atoms with van der Waals surface area (Å²) in [5.74, 6) is -0.713. The van der Waals surface area contributed by atoms with Gasteiger partial charge in [0.25, 0.3) is 0 Å². The molecule has 0 aliphatic heterocycles. The third-order valence-electron chi connectivity index (χ3n) is 3.58. The zero-order chi connectivity index (χ0) is 11.8. The van der Waals surface area contributed by atoms with Crippen LogP contribution >= 0.6 is 0 Å². The smallest absolute Gasteiger partial charge is 0.325 e. The number of benzene rings is 1. The second kappa shape index (κ2) is 4.15. The Balaban J connectivity index is 1.90. The molecular formula is C14H17NO2. The van der Waals surface area contributed by atoms with Crippen LogP contribution < -0.4 is 0 Å². The van der Waals surface area contributed by atoms with Crippen molar-refractivity contribution in [2.45, 2.75) is 43.8 Å². The van der Waals surface area contributed by atoms with E-state index in [1.54, 1.807) is 0 Å². The number of carbonyl (C=O) groups is 1. The molecule has 0 amide bonds. The largest absolute Gasteiger partial charge is 0.480 e. The second-order valence-electron chi connectivity index (χ2n) is 5.06. The van der Waals surface area contributed by atoms with E-state index in [1.165, 1.54) is 0 Å². The molecule has 1 atom stereocenters. The fourth-order valence-electron chi connectivity index (χ4n) is 2.54. The topological polar surface area (TPSA) is 40.5 Å². The fourth-order valence-corrected chi connectivity index (χ4v) is 2.54. The molecule has 1 aromatic carbocycles. The van der Waals surface area contributed by atoms with Gasteiger partial charge in [-0.05, 0) is 31.2 Å². The summed E-state index contributed by atoms with van der Waals surface area (Å²) < 4.78 is 0. The van der Waals surface area contributed by atoms with Crippen molar-refractivity contribution in [1.29, 1.82) is 0 Å². The van der Waals surface area contributed by atoms with E-state index in [1.807, 2.05) is 30.3 Å². The molecule has 0 unspecified atom stereocenters. The normalized spacial score (nSPS) is 21.5. The van der Waals surface area contributed by atoms with Crippen LogP contribution in [0.25, 0.3) is 0 Å². The van der Waals surface area contributed by atoms with Crippen LogP contribution in [-0.4, -0.2) is 28.1 Å². The van der Waals surface area contributed by atoms with Gasteiger partial charge in [-0.15, -0.1) is 0 Å². The first-order chi connectivity index (χ1) is 8.27. The van der Waals surface area contributed by atoms with Crippen LogP contribution in [0.2, 0.25) is 0 Å². The van der Waals surface area contributed by atoms with Crippen molar-refractivity contribution in [2.24, 2.45) is 0 Å². The Morgan fingerprint density at radius 1 is 1.12 bits per heavy atom. The van der Waals surface area contributed by atoms with E-state index in [2.05, 4.69) is 4.90 Å². The third kappa shape index (κ3) is 2.20. The quantitative estimate of drug-likeness (QED) is 0.846. The van der Waals surface area contributed by atoms with Crippen LogP contribution in [0, 0.1) is 0 Å². The fraction of sp³-hybridized carbons (Fsp3) is 0.500. The molecule has 90 valence electrons. The van der Waals surface area contributed by atoms with Crippen LogP contribution in [0.4, 0.5) is 0 Å². The second-order valence-corrected chi connectivity index (χ2v) is 5.06. The molecule has 0 heterocycles. The maximum Gasteiger partial charge on any atom is 0.325 e. The standard InChI is InChI=1S/C14H17NO2/c16-14(17)13(10-4-2-1-3-5-10)15(11-6-7-11)12-8-9-12/h1-5,11-13H,6-9H2,(H,16,17)/t13-/m1/s1. The summed E-state index contributed by atoms with van der Waals surface area (Å²) >= 11 is 0. The van der Waals surface area contributed by atoms with Crippen LogP contribution in [0.15, 0.2) is 30.3 Å². The van der Waals surface area contributed by atoms with Crippen molar-refractivity contribution in [3.8, 4) is 0 Å². The summed E-state index contributed by atoms with van der Waals surface area (Å²) in [4.78, 5) is 13.8. The van der Waals surface area contributed by atoms with Gasteiger partial charge in [0.1, 0.15) is 6.04 Å². The number of aliphatic carboxylic acids is 1. The number of carboxylic acid groups (broad SMARTS) is 1. The molecule has 1 N–H and O–H groups in total. The Bertz CT molecular complexity index is 397. The maximum absolute atomic E-state index is 11.6. The van der Waals surface area contributed by atoms with Crippen molar-refractivity contribution < 1.29 is 9.90 Å². The Morgan fingerprint density at radius 3 is 2.06 bits per heavy atom. The van der Waals surface area contributed by atoms with Gasteiger partial charge in [0.15, 0.2) is 0 Å². The van der Waals surface area contributed by atoms with Crippen LogP contribution in [0.3, 0.4) is 0 Å². The molecule has 17 heavy (non-hydrogen) atoms. The Hall–Kier alpha value is -1.35. The molecular weight excluding hydrogens is 214 g/mol. The molecule has 2 aliphatic carbocycles. The highest BCUT2D eigenvalue weighted by Gasteiger charge is 2.45. The molecule has 2 saturated carbocycles. The van der Waals surface area contributed by atoms with Crippen LogP contribution in [0.1, 0.15) is 37.3 Å². The van der Waals surface area contributed by atoms with Gasteiger partial charge in [0, 0.05) is 12.1 Å². The van der Waals surface area contributed by atoms with Gasteiger partial charge in [-0.2, -0.15) is 0 Å². The summed E-state index contributed by atoms with van der Waals surface area (Å²) in [6.07, 6.45) is 4.64. The van der Waals surface area contributed by atoms with E-state index in [9.17, 15) is 9.90 Å². The van der Waals surface area contributed by atoms with Crippen molar-refractivity contribution in [2.75, 3.05) is 0 Å². The predicted molar refractivity (Wildman–Crippen MR) is 64.7 cm³/mol. The molecule has 0 bridgehead atoms. The van der Waals surface area contributed by atoms with Crippen LogP contribution in [0.5, 0.6) is 0 Å². The first-order valence-electron chi connectivity index (χ1n) is 6.32. The average molecular weight is 231 g/mol. The van der Waals surface area contributed by atoms with Crippen molar-refractivity contribution in [1.82, 2.24) is 4.90 Å². The minimum atomic E-state index is -0.713. The molecule has 2 aliphatic rings. The van der Waals surface area contributed by atoms with Gasteiger partial charge in [-0.25, -0.2) is 0 Å². The monoisotopic (exact) mass is 231 g/mol. The highest BCUT2D eigenvalue weighted by atomic mass is 16.4. The average Bonchev–Trinajstić information content (AvgIpc) is 3.18. The first-order valence-corrected chi connectivity index (χ1v) is 6.32. The van der Waals surface area contributed by atoms with E-state index in [4.69, 9.17) is 0 Å². The van der Waals surface area contributed by atoms with Gasteiger partial charge in [-0.3, -0.25) is 9.69 Å². The highest BCUT2D eigenvalue weighted by molar-refractivity contribution is 5.75. The van der Waals surface area contributed by atoms with Gasteiger partial charge < -0.3 is 5.11 Å². The van der Waals surface area contributed by atoms with Gasteiger partial charge in [-0.1, -0.05) is 30.3 Å². The lowest BCUT2D eigenvalue weighted by atomic mass is 10.0. The maximum atomic E-state index is 11.6. The molecule has 1 aromatic rings. The molecule has 0 saturated heterocycles. The van der Waals surface area contributed by atoms with Gasteiger partial charge in [0.2, 0.25) is 0 Å². The Morgan fingerprint density at radius 2 is 1.65 bits per heavy atom. The number of rotatable bonds is 5. The summed E-state index contributed by atoms with van der Waals surface area (Å²) in [7, 11) is 0. The van der Waals surface area contributed by atoms with Crippen LogP contribution in [-0.2, 0) is 4.79 Å². The Labute approximate surface area is 101 Å². The number of hydrogen-bond acceptors (Lipinski definition) is 2. The molecule has 0 aromatic heterocycles. The predicted octanol–water partition coefficient (Wildman–Crippen LogP) is 2.44. The van der Waals surface area contributed by atoms with E-state index in [-0.39, 0.29) is 0 Å². The third-order valence-corrected chi connectivity index (χ3v) is 3.58. The molecule has 0 spiro atoms. The van der Waals surface area contributed by atoms with Crippen molar-refractivity contribution in [3.05, 3.63) is 35.9 Å². The lowest BCUT2D eigenvalue weighted by Gasteiger charge is -2.29. The number of hydrogen-bond donors (Lipinski definition) is 1. The lowest BCUT2D eigenvalue weighted by Crippen LogP contribution is -2.37. The SMILES string of the molecule is O=C(O)[C@@H](c1ccccc1)N(C1CC1)C1CC1. The van der Waals surface area contributed by atoms with E-state index >= 15 is 0 Å².